The Kier molecular flexibility index (Phi) is 5.87. The van der Waals surface area contributed by atoms with Crippen LogP contribution in [0.2, 0.25) is 5.02 Å². The molecular formula is C16H19ClFN5. The van der Waals surface area contributed by atoms with Gasteiger partial charge in [0.2, 0.25) is 0 Å². The van der Waals surface area contributed by atoms with Crippen molar-refractivity contribution < 1.29 is 4.39 Å². The molecule has 0 fully saturated rings. The largest absolute Gasteiger partial charge is 0.351 e. The zero-order valence-electron chi connectivity index (χ0n) is 13.3. The molecule has 0 atom stereocenters. The molecule has 0 radical (unpaired) electrons. The first-order valence-electron chi connectivity index (χ1n) is 7.14. The van der Waals surface area contributed by atoms with E-state index in [1.54, 1.807) is 30.3 Å². The first-order chi connectivity index (χ1) is 11.0. The molecule has 1 aromatic heterocycles. The lowest BCUT2D eigenvalue weighted by atomic mass is 10.2. The monoisotopic (exact) mass is 335 g/mol. The van der Waals surface area contributed by atoms with Crippen LogP contribution in [-0.2, 0) is 13.1 Å². The van der Waals surface area contributed by atoms with Crippen LogP contribution in [0.4, 0.5) is 4.39 Å². The smallest absolute Gasteiger partial charge is 0.194 e. The topological polar surface area (TPSA) is 53.4 Å². The van der Waals surface area contributed by atoms with Crippen molar-refractivity contribution in [3.63, 3.8) is 0 Å². The fourth-order valence-corrected chi connectivity index (χ4v) is 2.38. The van der Waals surface area contributed by atoms with Gasteiger partial charge < -0.3 is 10.2 Å². The van der Waals surface area contributed by atoms with Crippen molar-refractivity contribution in [1.29, 1.82) is 0 Å². The summed E-state index contributed by atoms with van der Waals surface area (Å²) in [5.74, 6) is 1.01. The van der Waals surface area contributed by atoms with Crippen LogP contribution in [0.1, 0.15) is 17.1 Å². The minimum Gasteiger partial charge on any atom is -0.351 e. The molecule has 2 rings (SSSR count). The summed E-state index contributed by atoms with van der Waals surface area (Å²) in [7, 11) is 3.50. The summed E-state index contributed by atoms with van der Waals surface area (Å²) in [4.78, 5) is 14.4. The van der Waals surface area contributed by atoms with E-state index in [0.717, 1.165) is 5.69 Å². The van der Waals surface area contributed by atoms with Crippen molar-refractivity contribution >= 4 is 17.6 Å². The average Bonchev–Trinajstić information content (AvgIpc) is 2.52. The van der Waals surface area contributed by atoms with Gasteiger partial charge in [0.05, 0.1) is 12.2 Å². The highest BCUT2D eigenvalue weighted by atomic mass is 35.5. The Labute approximate surface area is 140 Å². The number of hydrogen-bond acceptors (Lipinski definition) is 3. The Morgan fingerprint density at radius 3 is 2.83 bits per heavy atom. The number of hydrogen-bond donors (Lipinski definition) is 1. The van der Waals surface area contributed by atoms with E-state index in [-0.39, 0.29) is 5.82 Å². The highest BCUT2D eigenvalue weighted by Crippen LogP contribution is 2.20. The van der Waals surface area contributed by atoms with Gasteiger partial charge in [-0.15, -0.1) is 0 Å². The summed E-state index contributed by atoms with van der Waals surface area (Å²) in [6.45, 7) is 2.66. The second-order valence-corrected chi connectivity index (χ2v) is 5.46. The highest BCUT2D eigenvalue weighted by molar-refractivity contribution is 6.31. The molecule has 1 aromatic carbocycles. The van der Waals surface area contributed by atoms with E-state index >= 15 is 0 Å². The molecule has 0 spiro atoms. The molecule has 0 unspecified atom stereocenters. The molecule has 0 aliphatic carbocycles. The Morgan fingerprint density at radius 2 is 2.17 bits per heavy atom. The first-order valence-corrected chi connectivity index (χ1v) is 7.52. The van der Waals surface area contributed by atoms with E-state index in [2.05, 4.69) is 20.3 Å². The van der Waals surface area contributed by atoms with E-state index in [9.17, 15) is 4.39 Å². The summed E-state index contributed by atoms with van der Waals surface area (Å²) >= 11 is 6.07. The maximum atomic E-state index is 13.9. The van der Waals surface area contributed by atoms with E-state index in [1.807, 2.05) is 20.0 Å². The van der Waals surface area contributed by atoms with E-state index < -0.39 is 0 Å². The zero-order chi connectivity index (χ0) is 16.8. The molecule has 7 heteroatoms. The van der Waals surface area contributed by atoms with Gasteiger partial charge >= 0.3 is 0 Å². The van der Waals surface area contributed by atoms with Gasteiger partial charge in [-0.25, -0.2) is 14.4 Å². The average molecular weight is 336 g/mol. The van der Waals surface area contributed by atoms with Gasteiger partial charge in [0.25, 0.3) is 0 Å². The predicted molar refractivity (Wildman–Crippen MR) is 89.8 cm³/mol. The summed E-state index contributed by atoms with van der Waals surface area (Å²) < 4.78 is 13.9. The lowest BCUT2D eigenvalue weighted by molar-refractivity contribution is 0.460. The molecule has 2 aromatic rings. The molecule has 23 heavy (non-hydrogen) atoms. The molecule has 1 heterocycles. The number of aliphatic imine (C=N–C) groups is 1. The minimum absolute atomic E-state index is 0.313. The fourth-order valence-electron chi connectivity index (χ4n) is 2.15. The van der Waals surface area contributed by atoms with Gasteiger partial charge in [-0.3, -0.25) is 4.99 Å². The van der Waals surface area contributed by atoms with Crippen LogP contribution >= 0.6 is 11.6 Å². The lowest BCUT2D eigenvalue weighted by Gasteiger charge is -2.22. The fraction of sp³-hybridized carbons (Fsp3) is 0.312. The normalized spacial score (nSPS) is 11.4. The van der Waals surface area contributed by atoms with Crippen molar-refractivity contribution in [3.05, 3.63) is 58.4 Å². The molecule has 0 aliphatic rings. The van der Waals surface area contributed by atoms with Gasteiger partial charge in [0.15, 0.2) is 5.96 Å². The van der Waals surface area contributed by atoms with Crippen LogP contribution in [0.5, 0.6) is 0 Å². The number of rotatable bonds is 4. The third kappa shape index (κ3) is 4.63. The van der Waals surface area contributed by atoms with Gasteiger partial charge in [0.1, 0.15) is 11.6 Å². The SMILES string of the molecule is CN=C(NCc1ccnc(C)n1)N(C)Cc1c(F)cccc1Cl. The van der Waals surface area contributed by atoms with Gasteiger partial charge in [0, 0.05) is 37.4 Å². The van der Waals surface area contributed by atoms with Crippen molar-refractivity contribution in [2.75, 3.05) is 14.1 Å². The third-order valence-corrected chi connectivity index (χ3v) is 3.65. The van der Waals surface area contributed by atoms with Gasteiger partial charge in [-0.05, 0) is 25.1 Å². The maximum Gasteiger partial charge on any atom is 0.194 e. The summed E-state index contributed by atoms with van der Waals surface area (Å²) in [6.07, 6.45) is 1.71. The third-order valence-electron chi connectivity index (χ3n) is 3.29. The number of nitrogens with one attached hydrogen (secondary N) is 1. The van der Waals surface area contributed by atoms with Crippen LogP contribution in [0, 0.1) is 12.7 Å². The molecule has 0 bridgehead atoms. The number of benzene rings is 1. The second kappa shape index (κ2) is 7.87. The molecule has 0 saturated heterocycles. The van der Waals surface area contributed by atoms with Gasteiger partial charge in [-0.1, -0.05) is 17.7 Å². The van der Waals surface area contributed by atoms with Crippen molar-refractivity contribution in [2.45, 2.75) is 20.0 Å². The van der Waals surface area contributed by atoms with Crippen molar-refractivity contribution in [1.82, 2.24) is 20.2 Å². The van der Waals surface area contributed by atoms with Crippen LogP contribution in [-0.4, -0.2) is 34.9 Å². The molecule has 0 aliphatic heterocycles. The molecule has 122 valence electrons. The Hall–Kier alpha value is -2.21. The summed E-state index contributed by atoms with van der Waals surface area (Å²) in [6, 6.07) is 6.50. The van der Waals surface area contributed by atoms with E-state index in [4.69, 9.17) is 11.6 Å². The second-order valence-electron chi connectivity index (χ2n) is 5.05. The first kappa shape index (κ1) is 17.1. The van der Waals surface area contributed by atoms with Crippen LogP contribution < -0.4 is 5.32 Å². The van der Waals surface area contributed by atoms with Crippen molar-refractivity contribution in [3.8, 4) is 0 Å². The number of aryl methyl sites for hydroxylation is 1. The molecule has 5 nitrogen and oxygen atoms in total. The van der Waals surface area contributed by atoms with E-state index in [1.165, 1.54) is 6.07 Å². The quantitative estimate of drug-likeness (QED) is 0.689. The highest BCUT2D eigenvalue weighted by Gasteiger charge is 2.12. The zero-order valence-corrected chi connectivity index (χ0v) is 14.1. The van der Waals surface area contributed by atoms with Crippen LogP contribution in [0.15, 0.2) is 35.5 Å². The number of aromatic nitrogens is 2. The standard InChI is InChI=1S/C16H19ClFN5/c1-11-20-8-7-12(22-11)9-21-16(19-2)23(3)10-13-14(17)5-4-6-15(13)18/h4-8H,9-10H2,1-3H3,(H,19,21). The molecule has 0 amide bonds. The van der Waals surface area contributed by atoms with Crippen LogP contribution in [0.25, 0.3) is 0 Å². The summed E-state index contributed by atoms with van der Waals surface area (Å²) in [5, 5.41) is 3.59. The number of guanidine groups is 1. The molecular weight excluding hydrogens is 317 g/mol. The molecule has 0 saturated carbocycles. The summed E-state index contributed by atoms with van der Waals surface area (Å²) in [5.41, 5.74) is 1.30. The maximum absolute atomic E-state index is 13.9. The predicted octanol–water partition coefficient (Wildman–Crippen LogP) is 2.78. The Bertz CT molecular complexity index is 684. The Balaban J connectivity index is 2.03. The number of nitrogens with zero attached hydrogens (tertiary/aromatic N) is 4. The lowest BCUT2D eigenvalue weighted by Crippen LogP contribution is -2.38. The van der Waals surface area contributed by atoms with Crippen molar-refractivity contribution in [2.24, 2.45) is 4.99 Å². The number of halogens is 2. The Morgan fingerprint density at radius 1 is 1.39 bits per heavy atom. The van der Waals surface area contributed by atoms with Gasteiger partial charge in [-0.2, -0.15) is 0 Å². The van der Waals surface area contributed by atoms with Crippen LogP contribution in [0.3, 0.4) is 0 Å². The minimum atomic E-state index is -0.328. The molecule has 1 N–H and O–H groups in total. The van der Waals surface area contributed by atoms with E-state index in [0.29, 0.717) is 35.5 Å².